The molecule has 3 amide bonds. The van der Waals surface area contributed by atoms with Gasteiger partial charge in [0.25, 0.3) is 0 Å². The molecule has 3 aromatic carbocycles. The van der Waals surface area contributed by atoms with Gasteiger partial charge < -0.3 is 30.1 Å². The van der Waals surface area contributed by atoms with E-state index in [4.69, 9.17) is 9.47 Å². The normalized spacial score (nSPS) is 13.3. The van der Waals surface area contributed by atoms with Gasteiger partial charge in [-0.2, -0.15) is 0 Å². The standard InChI is InChI=1S/C37H49N3O6/c1-27(2)23-32(39-35(43)45-26-30-19-13-8-14-20-30)34(42)38-31(22-21-28-15-9-6-10-16-28)33(41)25-40(36(44)46-37(3,4)5)24-29-17-11-7-12-18-29/h6-20,27,31-33,41H,21-26H2,1-5H3,(H,38,42)(H,39,43)/t31-,32-,33-/m0/s1. The summed E-state index contributed by atoms with van der Waals surface area (Å²) in [4.78, 5) is 41.2. The summed E-state index contributed by atoms with van der Waals surface area (Å²) in [6.07, 6.45) is -1.05. The highest BCUT2D eigenvalue weighted by Gasteiger charge is 2.31. The molecule has 0 saturated heterocycles. The van der Waals surface area contributed by atoms with Crippen LogP contribution in [0, 0.1) is 5.92 Å². The van der Waals surface area contributed by atoms with Crippen LogP contribution in [0.3, 0.4) is 0 Å². The number of hydrogen-bond acceptors (Lipinski definition) is 6. The van der Waals surface area contributed by atoms with E-state index in [2.05, 4.69) is 10.6 Å². The van der Waals surface area contributed by atoms with Crippen molar-refractivity contribution in [3.63, 3.8) is 0 Å². The van der Waals surface area contributed by atoms with E-state index in [-0.39, 0.29) is 25.6 Å². The molecule has 3 N–H and O–H groups in total. The van der Waals surface area contributed by atoms with Crippen molar-refractivity contribution in [2.24, 2.45) is 5.92 Å². The summed E-state index contributed by atoms with van der Waals surface area (Å²) in [5.41, 5.74) is 2.02. The molecule has 0 bridgehead atoms. The fraction of sp³-hybridized carbons (Fsp3) is 0.432. The first-order chi connectivity index (χ1) is 21.9. The monoisotopic (exact) mass is 631 g/mol. The van der Waals surface area contributed by atoms with Crippen LogP contribution in [0.4, 0.5) is 9.59 Å². The predicted octanol–water partition coefficient (Wildman–Crippen LogP) is 6.24. The van der Waals surface area contributed by atoms with E-state index in [0.717, 1.165) is 16.7 Å². The van der Waals surface area contributed by atoms with Crippen molar-refractivity contribution >= 4 is 18.1 Å². The van der Waals surface area contributed by atoms with Crippen molar-refractivity contribution < 1.29 is 29.0 Å². The smallest absolute Gasteiger partial charge is 0.410 e. The lowest BCUT2D eigenvalue weighted by molar-refractivity contribution is -0.125. The third kappa shape index (κ3) is 13.3. The summed E-state index contributed by atoms with van der Waals surface area (Å²) in [6.45, 7) is 9.50. The van der Waals surface area contributed by atoms with Gasteiger partial charge in [-0.15, -0.1) is 0 Å². The van der Waals surface area contributed by atoms with Gasteiger partial charge in [-0.1, -0.05) is 105 Å². The predicted molar refractivity (Wildman–Crippen MR) is 179 cm³/mol. The van der Waals surface area contributed by atoms with Crippen molar-refractivity contribution in [3.8, 4) is 0 Å². The Kier molecular flexibility index (Phi) is 14.1. The van der Waals surface area contributed by atoms with E-state index in [0.29, 0.717) is 19.3 Å². The van der Waals surface area contributed by atoms with Crippen molar-refractivity contribution in [2.75, 3.05) is 6.54 Å². The number of aryl methyl sites for hydroxylation is 1. The van der Waals surface area contributed by atoms with Crippen molar-refractivity contribution in [2.45, 2.75) is 90.8 Å². The Morgan fingerprint density at radius 3 is 1.89 bits per heavy atom. The SMILES string of the molecule is CC(C)C[C@H](NC(=O)OCc1ccccc1)C(=O)N[C@@H](CCc1ccccc1)[C@@H](O)CN(Cc1ccccc1)C(=O)OC(C)(C)C. The molecule has 0 fully saturated rings. The van der Waals surface area contributed by atoms with Crippen LogP contribution < -0.4 is 10.6 Å². The number of rotatable bonds is 15. The van der Waals surface area contributed by atoms with Crippen LogP contribution in [-0.2, 0) is 33.8 Å². The Balaban J connectivity index is 1.78. The fourth-order valence-electron chi connectivity index (χ4n) is 4.91. The van der Waals surface area contributed by atoms with E-state index in [1.54, 1.807) is 20.8 Å². The number of nitrogens with zero attached hydrogens (tertiary/aromatic N) is 1. The van der Waals surface area contributed by atoms with Gasteiger partial charge in [-0.05, 0) is 62.6 Å². The average Bonchev–Trinajstić information content (AvgIpc) is 3.01. The quantitative estimate of drug-likeness (QED) is 0.183. The summed E-state index contributed by atoms with van der Waals surface area (Å²) in [5, 5.41) is 17.3. The lowest BCUT2D eigenvalue weighted by Crippen LogP contribution is -2.55. The maximum Gasteiger partial charge on any atom is 0.410 e. The van der Waals surface area contributed by atoms with E-state index in [1.807, 2.05) is 105 Å². The van der Waals surface area contributed by atoms with Crippen molar-refractivity contribution in [1.82, 2.24) is 15.5 Å². The zero-order valence-corrected chi connectivity index (χ0v) is 27.6. The third-order valence-electron chi connectivity index (χ3n) is 7.18. The number of aliphatic hydroxyl groups excluding tert-OH is 1. The number of carbonyl (C=O) groups is 3. The van der Waals surface area contributed by atoms with Crippen LogP contribution in [0.5, 0.6) is 0 Å². The molecule has 0 radical (unpaired) electrons. The molecule has 9 nitrogen and oxygen atoms in total. The zero-order chi connectivity index (χ0) is 33.5. The molecule has 0 aromatic heterocycles. The lowest BCUT2D eigenvalue weighted by atomic mass is 9.98. The van der Waals surface area contributed by atoms with E-state index >= 15 is 0 Å². The number of alkyl carbamates (subject to hydrolysis) is 1. The first-order valence-electron chi connectivity index (χ1n) is 15.9. The van der Waals surface area contributed by atoms with Crippen molar-refractivity contribution in [1.29, 1.82) is 0 Å². The molecule has 0 aliphatic rings. The van der Waals surface area contributed by atoms with Crippen molar-refractivity contribution in [3.05, 3.63) is 108 Å². The molecule has 46 heavy (non-hydrogen) atoms. The molecule has 3 aromatic rings. The van der Waals surface area contributed by atoms with Gasteiger partial charge in [0.1, 0.15) is 18.2 Å². The maximum atomic E-state index is 13.7. The highest BCUT2D eigenvalue weighted by Crippen LogP contribution is 2.17. The second kappa shape index (κ2) is 17.9. The molecular weight excluding hydrogens is 582 g/mol. The molecule has 0 unspecified atom stereocenters. The van der Waals surface area contributed by atoms with Crippen LogP contribution in [0.25, 0.3) is 0 Å². The van der Waals surface area contributed by atoms with Gasteiger partial charge in [0.15, 0.2) is 0 Å². The van der Waals surface area contributed by atoms with Gasteiger partial charge >= 0.3 is 12.2 Å². The van der Waals surface area contributed by atoms with E-state index < -0.39 is 41.9 Å². The Labute approximate surface area is 273 Å². The molecule has 0 saturated carbocycles. The van der Waals surface area contributed by atoms with Gasteiger partial charge in [0, 0.05) is 6.54 Å². The van der Waals surface area contributed by atoms with Gasteiger partial charge in [0.05, 0.1) is 18.7 Å². The molecule has 9 heteroatoms. The summed E-state index contributed by atoms with van der Waals surface area (Å²) < 4.78 is 11.1. The molecular formula is C37H49N3O6. The molecule has 3 rings (SSSR count). The first-order valence-corrected chi connectivity index (χ1v) is 15.9. The Bertz CT molecular complexity index is 1350. The largest absolute Gasteiger partial charge is 0.445 e. The van der Waals surface area contributed by atoms with E-state index in [1.165, 1.54) is 4.90 Å². The summed E-state index contributed by atoms with van der Waals surface area (Å²) >= 11 is 0. The van der Waals surface area contributed by atoms with Gasteiger partial charge in [-0.3, -0.25) is 4.79 Å². The highest BCUT2D eigenvalue weighted by molar-refractivity contribution is 5.85. The number of amides is 3. The van der Waals surface area contributed by atoms with Crippen LogP contribution in [0.2, 0.25) is 0 Å². The van der Waals surface area contributed by atoms with Crippen LogP contribution in [-0.4, -0.2) is 58.4 Å². The number of aliphatic hydroxyl groups is 1. The Hall–Kier alpha value is -4.37. The average molecular weight is 632 g/mol. The highest BCUT2D eigenvalue weighted by atomic mass is 16.6. The second-order valence-corrected chi connectivity index (χ2v) is 12.9. The lowest BCUT2D eigenvalue weighted by Gasteiger charge is -2.32. The summed E-state index contributed by atoms with van der Waals surface area (Å²) in [6, 6.07) is 26.9. The van der Waals surface area contributed by atoms with Crippen LogP contribution in [0.15, 0.2) is 91.0 Å². The third-order valence-corrected chi connectivity index (χ3v) is 7.18. The van der Waals surface area contributed by atoms with E-state index in [9.17, 15) is 19.5 Å². The molecule has 0 aliphatic carbocycles. The molecule has 3 atom stereocenters. The maximum absolute atomic E-state index is 13.7. The van der Waals surface area contributed by atoms with Crippen LogP contribution in [0.1, 0.15) is 64.2 Å². The molecule has 0 aliphatic heterocycles. The number of hydrogen-bond donors (Lipinski definition) is 3. The fourth-order valence-corrected chi connectivity index (χ4v) is 4.91. The van der Waals surface area contributed by atoms with Crippen LogP contribution >= 0.6 is 0 Å². The summed E-state index contributed by atoms with van der Waals surface area (Å²) in [7, 11) is 0. The minimum Gasteiger partial charge on any atom is -0.445 e. The molecule has 0 heterocycles. The topological polar surface area (TPSA) is 117 Å². The zero-order valence-electron chi connectivity index (χ0n) is 27.6. The number of benzene rings is 3. The summed E-state index contributed by atoms with van der Waals surface area (Å²) in [5.74, 6) is -0.347. The molecule has 0 spiro atoms. The minimum atomic E-state index is -1.13. The second-order valence-electron chi connectivity index (χ2n) is 12.9. The molecule has 248 valence electrons. The first kappa shape index (κ1) is 36.1. The van der Waals surface area contributed by atoms with Gasteiger partial charge in [-0.25, -0.2) is 9.59 Å². The van der Waals surface area contributed by atoms with Gasteiger partial charge in [0.2, 0.25) is 5.91 Å². The Morgan fingerprint density at radius 1 is 0.804 bits per heavy atom. The minimum absolute atomic E-state index is 0.0724. The number of ether oxygens (including phenoxy) is 2. The number of nitrogens with one attached hydrogen (secondary N) is 2. The number of carbonyl (C=O) groups excluding carboxylic acids is 3. The Morgan fingerprint density at radius 2 is 1.35 bits per heavy atom.